The average molecular weight is 350 g/mol. The number of rotatable bonds is 7. The molecule has 0 saturated carbocycles. The molecule has 1 amide bonds. The molecule has 128 valence electrons. The molecule has 0 saturated heterocycles. The lowest BCUT2D eigenvalue weighted by Gasteiger charge is -2.13. The molecule has 0 heterocycles. The number of carbonyl (C=O) groups is 1. The van der Waals surface area contributed by atoms with Crippen molar-refractivity contribution in [2.75, 3.05) is 26.1 Å². The first-order valence-corrected chi connectivity index (χ1v) is 8.02. The summed E-state index contributed by atoms with van der Waals surface area (Å²) in [6.45, 7) is 2.33. The number of benzene rings is 2. The number of quaternary nitrogens is 1. The number of carbonyl (C=O) groups excluding carboxylic acids is 1. The zero-order valence-corrected chi connectivity index (χ0v) is 14.8. The molecule has 1 atom stereocenters. The molecule has 2 rings (SSSR count). The van der Waals surface area contributed by atoms with Crippen LogP contribution in [0.2, 0.25) is 5.02 Å². The van der Waals surface area contributed by atoms with E-state index in [9.17, 15) is 4.79 Å². The van der Waals surface area contributed by atoms with Crippen molar-refractivity contribution in [1.29, 1.82) is 0 Å². The summed E-state index contributed by atoms with van der Waals surface area (Å²) in [6, 6.07) is 13.0. The zero-order chi connectivity index (χ0) is 17.5. The molecule has 0 spiro atoms. The van der Waals surface area contributed by atoms with Gasteiger partial charge in [-0.05, 0) is 31.2 Å². The molecule has 3 N–H and O–H groups in total. The number of ether oxygens (including phenoxy) is 2. The molecule has 6 heteroatoms. The molecule has 0 aromatic heterocycles. The van der Waals surface area contributed by atoms with E-state index in [1.54, 1.807) is 32.4 Å². The molecule has 5 nitrogen and oxygen atoms in total. The smallest absolute Gasteiger partial charge is 0.279 e. The van der Waals surface area contributed by atoms with Crippen molar-refractivity contribution >= 4 is 23.2 Å². The summed E-state index contributed by atoms with van der Waals surface area (Å²) in [5.74, 6) is 1.13. The highest BCUT2D eigenvalue weighted by molar-refractivity contribution is 6.30. The van der Waals surface area contributed by atoms with Gasteiger partial charge in [-0.15, -0.1) is 0 Å². The van der Waals surface area contributed by atoms with Gasteiger partial charge in [0, 0.05) is 16.7 Å². The fourth-order valence-electron chi connectivity index (χ4n) is 2.31. The standard InChI is InChI=1S/C18H21ClN2O3/c1-12(13-5-4-6-14(19)9-13)20-11-18(22)21-16-8-7-15(23-2)10-17(16)24-3/h4-10,12,20H,11H2,1-3H3,(H,21,22)/p+1/t12-/m1/s1. The van der Waals surface area contributed by atoms with Crippen LogP contribution in [0.15, 0.2) is 42.5 Å². The predicted molar refractivity (Wildman–Crippen MR) is 94.8 cm³/mol. The van der Waals surface area contributed by atoms with Gasteiger partial charge in [0.05, 0.1) is 19.9 Å². The van der Waals surface area contributed by atoms with Gasteiger partial charge in [-0.2, -0.15) is 0 Å². The molecule has 0 radical (unpaired) electrons. The Kier molecular flexibility index (Phi) is 6.46. The monoisotopic (exact) mass is 349 g/mol. The molecular weight excluding hydrogens is 328 g/mol. The highest BCUT2D eigenvalue weighted by Gasteiger charge is 2.14. The molecule has 0 aliphatic heterocycles. The number of hydrogen-bond acceptors (Lipinski definition) is 3. The van der Waals surface area contributed by atoms with Gasteiger partial charge in [0.15, 0.2) is 6.54 Å². The van der Waals surface area contributed by atoms with Crippen molar-refractivity contribution in [3.8, 4) is 11.5 Å². The Hall–Kier alpha value is -2.24. The molecule has 2 aromatic rings. The maximum Gasteiger partial charge on any atom is 0.279 e. The second-order valence-electron chi connectivity index (χ2n) is 5.40. The third-order valence-electron chi connectivity index (χ3n) is 3.71. The normalized spacial score (nSPS) is 11.7. The van der Waals surface area contributed by atoms with E-state index in [0.29, 0.717) is 28.8 Å². The summed E-state index contributed by atoms with van der Waals surface area (Å²) in [5, 5.41) is 5.50. The van der Waals surface area contributed by atoms with Crippen LogP contribution in [0.3, 0.4) is 0 Å². The molecule has 0 fully saturated rings. The van der Waals surface area contributed by atoms with E-state index in [4.69, 9.17) is 21.1 Å². The lowest BCUT2D eigenvalue weighted by atomic mass is 10.1. The van der Waals surface area contributed by atoms with E-state index in [0.717, 1.165) is 5.56 Å². The molecule has 0 unspecified atom stereocenters. The van der Waals surface area contributed by atoms with Crippen molar-refractivity contribution in [1.82, 2.24) is 0 Å². The number of halogens is 1. The van der Waals surface area contributed by atoms with Crippen molar-refractivity contribution < 1.29 is 19.6 Å². The average Bonchev–Trinajstić information content (AvgIpc) is 2.60. The first-order valence-electron chi connectivity index (χ1n) is 7.64. The Labute approximate surface area is 146 Å². The van der Waals surface area contributed by atoms with Crippen LogP contribution in [0, 0.1) is 0 Å². The summed E-state index contributed by atoms with van der Waals surface area (Å²) in [5.41, 5.74) is 1.70. The van der Waals surface area contributed by atoms with Gasteiger partial charge in [0.2, 0.25) is 0 Å². The van der Waals surface area contributed by atoms with E-state index in [2.05, 4.69) is 5.32 Å². The number of nitrogens with two attached hydrogens (primary N) is 1. The predicted octanol–water partition coefficient (Wildman–Crippen LogP) is 2.62. The summed E-state index contributed by atoms with van der Waals surface area (Å²) in [6.07, 6.45) is 0. The van der Waals surface area contributed by atoms with Crippen LogP contribution in [0.25, 0.3) is 0 Å². The Morgan fingerprint density at radius 3 is 2.67 bits per heavy atom. The molecule has 24 heavy (non-hydrogen) atoms. The van der Waals surface area contributed by atoms with Gasteiger partial charge < -0.3 is 20.1 Å². The van der Waals surface area contributed by atoms with Crippen molar-refractivity contribution in [3.05, 3.63) is 53.1 Å². The van der Waals surface area contributed by atoms with Crippen molar-refractivity contribution in [2.24, 2.45) is 0 Å². The minimum Gasteiger partial charge on any atom is -0.497 e. The Balaban J connectivity index is 1.94. The van der Waals surface area contributed by atoms with E-state index < -0.39 is 0 Å². The van der Waals surface area contributed by atoms with E-state index in [-0.39, 0.29) is 11.9 Å². The third kappa shape index (κ3) is 4.88. The van der Waals surface area contributed by atoms with Crippen LogP contribution in [0.5, 0.6) is 11.5 Å². The maximum atomic E-state index is 12.2. The molecular formula is C18H22ClN2O3+. The van der Waals surface area contributed by atoms with Gasteiger partial charge in [-0.3, -0.25) is 4.79 Å². The van der Waals surface area contributed by atoms with Crippen LogP contribution in [-0.4, -0.2) is 26.7 Å². The van der Waals surface area contributed by atoms with Gasteiger partial charge >= 0.3 is 0 Å². The van der Waals surface area contributed by atoms with E-state index in [1.165, 1.54) is 0 Å². The fraction of sp³-hybridized carbons (Fsp3) is 0.278. The lowest BCUT2D eigenvalue weighted by molar-refractivity contribution is -0.682. The highest BCUT2D eigenvalue weighted by Crippen LogP contribution is 2.28. The number of anilines is 1. The SMILES string of the molecule is COc1ccc(NC(=O)C[NH2+][C@H](C)c2cccc(Cl)c2)c(OC)c1. The molecule has 0 aliphatic rings. The third-order valence-corrected chi connectivity index (χ3v) is 3.95. The molecule has 2 aromatic carbocycles. The van der Waals surface area contributed by atoms with Crippen LogP contribution in [0.4, 0.5) is 5.69 Å². The Morgan fingerprint density at radius 1 is 1.21 bits per heavy atom. The maximum absolute atomic E-state index is 12.2. The summed E-state index contributed by atoms with van der Waals surface area (Å²) >= 11 is 6.00. The zero-order valence-electron chi connectivity index (χ0n) is 14.0. The topological polar surface area (TPSA) is 64.2 Å². The second kappa shape index (κ2) is 8.57. The van der Waals surface area contributed by atoms with Crippen molar-refractivity contribution in [3.63, 3.8) is 0 Å². The summed E-state index contributed by atoms with van der Waals surface area (Å²) in [7, 11) is 3.14. The van der Waals surface area contributed by atoms with Crippen LogP contribution < -0.4 is 20.1 Å². The van der Waals surface area contributed by atoms with Gasteiger partial charge in [-0.1, -0.05) is 23.7 Å². The number of methoxy groups -OCH3 is 2. The Morgan fingerprint density at radius 2 is 2.00 bits per heavy atom. The number of nitrogens with one attached hydrogen (secondary N) is 1. The lowest BCUT2D eigenvalue weighted by Crippen LogP contribution is -2.86. The largest absolute Gasteiger partial charge is 0.497 e. The quantitative estimate of drug-likeness (QED) is 0.807. The first-order chi connectivity index (χ1) is 11.5. The number of amides is 1. The Bertz CT molecular complexity index is 706. The first kappa shape index (κ1) is 18.1. The minimum atomic E-state index is -0.104. The molecule has 0 bridgehead atoms. The summed E-state index contributed by atoms with van der Waals surface area (Å²) in [4.78, 5) is 12.2. The van der Waals surface area contributed by atoms with Crippen LogP contribution in [0.1, 0.15) is 18.5 Å². The minimum absolute atomic E-state index is 0.104. The summed E-state index contributed by atoms with van der Waals surface area (Å²) < 4.78 is 10.4. The van der Waals surface area contributed by atoms with Gasteiger partial charge in [0.25, 0.3) is 5.91 Å². The van der Waals surface area contributed by atoms with Crippen LogP contribution >= 0.6 is 11.6 Å². The van der Waals surface area contributed by atoms with Gasteiger partial charge in [-0.25, -0.2) is 0 Å². The van der Waals surface area contributed by atoms with Gasteiger partial charge in [0.1, 0.15) is 17.5 Å². The molecule has 0 aliphatic carbocycles. The second-order valence-corrected chi connectivity index (χ2v) is 5.83. The number of hydrogen-bond donors (Lipinski definition) is 2. The van der Waals surface area contributed by atoms with Crippen LogP contribution in [-0.2, 0) is 4.79 Å². The van der Waals surface area contributed by atoms with E-state index >= 15 is 0 Å². The highest BCUT2D eigenvalue weighted by atomic mass is 35.5. The van der Waals surface area contributed by atoms with E-state index in [1.807, 2.05) is 36.5 Å². The van der Waals surface area contributed by atoms with Crippen molar-refractivity contribution in [2.45, 2.75) is 13.0 Å². The fourth-order valence-corrected chi connectivity index (χ4v) is 2.51.